The summed E-state index contributed by atoms with van der Waals surface area (Å²) in [6, 6.07) is 11.6. The smallest absolute Gasteiger partial charge is 0.151 e. The van der Waals surface area contributed by atoms with Crippen LogP contribution in [0, 0.1) is 5.82 Å². The second-order valence-electron chi connectivity index (χ2n) is 6.63. The first-order valence-corrected chi connectivity index (χ1v) is 8.27. The zero-order chi connectivity index (χ0) is 15.8. The SMILES string of the molecule is CN1CC[C@H]2CC[C@@H](C1)N2c1ccc(-c2ccc(F)cc2)nn1. The van der Waals surface area contributed by atoms with Crippen LogP contribution in [0.2, 0.25) is 0 Å². The summed E-state index contributed by atoms with van der Waals surface area (Å²) < 4.78 is 13.0. The lowest BCUT2D eigenvalue weighted by Gasteiger charge is -2.29. The molecule has 2 fully saturated rings. The Kier molecular flexibility index (Phi) is 3.73. The Morgan fingerprint density at radius 1 is 0.957 bits per heavy atom. The average molecular weight is 312 g/mol. The van der Waals surface area contributed by atoms with E-state index in [0.717, 1.165) is 30.2 Å². The third-order valence-electron chi connectivity index (χ3n) is 5.04. The highest BCUT2D eigenvalue weighted by Gasteiger charge is 2.37. The molecule has 2 saturated heterocycles. The van der Waals surface area contributed by atoms with Crippen LogP contribution in [0.3, 0.4) is 0 Å². The molecule has 4 rings (SSSR count). The standard InChI is InChI=1S/C18H21FN4/c1-22-11-10-15-6-7-16(12-22)23(15)18-9-8-17(20-21-18)13-2-4-14(19)5-3-13/h2-5,8-9,15-16H,6-7,10-12H2,1H3/t15-,16+/m1/s1. The van der Waals surface area contributed by atoms with Crippen molar-refractivity contribution in [2.24, 2.45) is 0 Å². The molecule has 4 nitrogen and oxygen atoms in total. The summed E-state index contributed by atoms with van der Waals surface area (Å²) in [6.07, 6.45) is 3.67. The van der Waals surface area contributed by atoms with Crippen LogP contribution in [-0.2, 0) is 0 Å². The van der Waals surface area contributed by atoms with E-state index >= 15 is 0 Å². The number of hydrogen-bond acceptors (Lipinski definition) is 4. The van der Waals surface area contributed by atoms with Crippen molar-refractivity contribution in [2.45, 2.75) is 31.3 Å². The maximum Gasteiger partial charge on any atom is 0.151 e. The van der Waals surface area contributed by atoms with Crippen LogP contribution >= 0.6 is 0 Å². The van der Waals surface area contributed by atoms with Gasteiger partial charge in [0.2, 0.25) is 0 Å². The number of aromatic nitrogens is 2. The molecule has 2 aromatic rings. The lowest BCUT2D eigenvalue weighted by Crippen LogP contribution is -2.39. The molecule has 1 aromatic carbocycles. The van der Waals surface area contributed by atoms with Gasteiger partial charge in [0.25, 0.3) is 0 Å². The van der Waals surface area contributed by atoms with Gasteiger partial charge in [-0.2, -0.15) is 0 Å². The van der Waals surface area contributed by atoms with Gasteiger partial charge in [-0.25, -0.2) is 4.39 Å². The van der Waals surface area contributed by atoms with E-state index < -0.39 is 0 Å². The third-order valence-corrected chi connectivity index (χ3v) is 5.04. The lowest BCUT2D eigenvalue weighted by atomic mass is 10.1. The van der Waals surface area contributed by atoms with Crippen LogP contribution < -0.4 is 4.90 Å². The van der Waals surface area contributed by atoms with E-state index in [-0.39, 0.29) is 5.82 Å². The van der Waals surface area contributed by atoms with Crippen molar-refractivity contribution in [3.8, 4) is 11.3 Å². The normalized spacial score (nSPS) is 24.7. The Bertz CT molecular complexity index is 670. The summed E-state index contributed by atoms with van der Waals surface area (Å²) in [5, 5.41) is 8.84. The van der Waals surface area contributed by atoms with Gasteiger partial charge < -0.3 is 9.80 Å². The third kappa shape index (κ3) is 2.81. The molecule has 0 saturated carbocycles. The quantitative estimate of drug-likeness (QED) is 0.853. The fourth-order valence-electron chi connectivity index (χ4n) is 3.86. The van der Waals surface area contributed by atoms with E-state index in [4.69, 9.17) is 0 Å². The highest BCUT2D eigenvalue weighted by atomic mass is 19.1. The summed E-state index contributed by atoms with van der Waals surface area (Å²) in [6.45, 7) is 2.25. The minimum absolute atomic E-state index is 0.233. The molecule has 0 radical (unpaired) electrons. The van der Waals surface area contributed by atoms with Crippen LogP contribution in [-0.4, -0.2) is 47.3 Å². The summed E-state index contributed by atoms with van der Waals surface area (Å²) in [5.74, 6) is 0.738. The van der Waals surface area contributed by atoms with E-state index in [1.54, 1.807) is 12.1 Å². The monoisotopic (exact) mass is 312 g/mol. The number of anilines is 1. The van der Waals surface area contributed by atoms with Gasteiger partial charge in [0.05, 0.1) is 5.69 Å². The fourth-order valence-corrected chi connectivity index (χ4v) is 3.86. The topological polar surface area (TPSA) is 32.3 Å². The minimum Gasteiger partial charge on any atom is -0.348 e. The first kappa shape index (κ1) is 14.6. The fraction of sp³-hybridized carbons (Fsp3) is 0.444. The summed E-state index contributed by atoms with van der Waals surface area (Å²) in [7, 11) is 2.20. The highest BCUT2D eigenvalue weighted by Crippen LogP contribution is 2.33. The predicted molar refractivity (Wildman–Crippen MR) is 88.8 cm³/mol. The molecule has 1 aromatic heterocycles. The first-order valence-electron chi connectivity index (χ1n) is 8.27. The van der Waals surface area contributed by atoms with Crippen molar-refractivity contribution in [1.82, 2.24) is 15.1 Å². The average Bonchev–Trinajstić information content (AvgIpc) is 2.87. The Morgan fingerprint density at radius 2 is 1.74 bits per heavy atom. The Labute approximate surface area is 135 Å². The zero-order valence-electron chi connectivity index (χ0n) is 13.3. The molecule has 2 aliphatic heterocycles. The molecule has 0 spiro atoms. The van der Waals surface area contributed by atoms with Crippen molar-refractivity contribution in [3.05, 3.63) is 42.2 Å². The summed E-state index contributed by atoms with van der Waals surface area (Å²) in [4.78, 5) is 4.88. The maximum absolute atomic E-state index is 13.0. The van der Waals surface area contributed by atoms with Gasteiger partial charge in [0.1, 0.15) is 5.82 Å². The molecule has 5 heteroatoms. The molecule has 0 aliphatic carbocycles. The molecule has 2 atom stereocenters. The molecule has 2 aliphatic rings. The molecule has 23 heavy (non-hydrogen) atoms. The highest BCUT2D eigenvalue weighted by molar-refractivity contribution is 5.60. The second kappa shape index (κ2) is 5.89. The first-order chi connectivity index (χ1) is 11.2. The number of hydrogen-bond donors (Lipinski definition) is 0. The van der Waals surface area contributed by atoms with Crippen molar-refractivity contribution in [2.75, 3.05) is 25.0 Å². The van der Waals surface area contributed by atoms with Crippen molar-refractivity contribution in [1.29, 1.82) is 0 Å². The molecule has 0 N–H and O–H groups in total. The molecule has 2 bridgehead atoms. The van der Waals surface area contributed by atoms with Gasteiger partial charge in [-0.3, -0.25) is 0 Å². The number of halogens is 1. The Balaban J connectivity index is 1.59. The van der Waals surface area contributed by atoms with Crippen LogP contribution in [0.4, 0.5) is 10.2 Å². The van der Waals surface area contributed by atoms with E-state index in [1.807, 2.05) is 6.07 Å². The van der Waals surface area contributed by atoms with Crippen molar-refractivity contribution < 1.29 is 4.39 Å². The molecule has 0 unspecified atom stereocenters. The van der Waals surface area contributed by atoms with Crippen molar-refractivity contribution >= 4 is 5.82 Å². The van der Waals surface area contributed by atoms with Crippen LogP contribution in [0.5, 0.6) is 0 Å². The van der Waals surface area contributed by atoms with Gasteiger partial charge in [-0.1, -0.05) is 0 Å². The van der Waals surface area contributed by atoms with Gasteiger partial charge in [0, 0.05) is 24.2 Å². The van der Waals surface area contributed by atoms with Crippen molar-refractivity contribution in [3.63, 3.8) is 0 Å². The van der Waals surface area contributed by atoms with E-state index in [0.29, 0.717) is 12.1 Å². The number of likely N-dealkylation sites (tertiary alicyclic amines) is 1. The zero-order valence-corrected chi connectivity index (χ0v) is 13.3. The molecule has 120 valence electrons. The Morgan fingerprint density at radius 3 is 2.48 bits per heavy atom. The number of likely N-dealkylation sites (N-methyl/N-ethyl adjacent to an activating group) is 1. The van der Waals surface area contributed by atoms with E-state index in [9.17, 15) is 4.39 Å². The second-order valence-corrected chi connectivity index (χ2v) is 6.63. The van der Waals surface area contributed by atoms with E-state index in [1.165, 1.54) is 31.4 Å². The predicted octanol–water partition coefficient (Wildman–Crippen LogP) is 2.96. The van der Waals surface area contributed by atoms with E-state index in [2.05, 4.69) is 33.1 Å². The summed E-state index contributed by atoms with van der Waals surface area (Å²) >= 11 is 0. The van der Waals surface area contributed by atoms with Crippen LogP contribution in [0.1, 0.15) is 19.3 Å². The largest absolute Gasteiger partial charge is 0.348 e. The van der Waals surface area contributed by atoms with Gasteiger partial charge in [-0.05, 0) is 69.3 Å². The number of benzene rings is 1. The minimum atomic E-state index is -0.233. The van der Waals surface area contributed by atoms with Gasteiger partial charge in [0.15, 0.2) is 5.82 Å². The Hall–Kier alpha value is -2.01. The summed E-state index contributed by atoms with van der Waals surface area (Å²) in [5.41, 5.74) is 1.68. The lowest BCUT2D eigenvalue weighted by molar-refractivity contribution is 0.315. The van der Waals surface area contributed by atoms with Gasteiger partial charge in [-0.15, -0.1) is 10.2 Å². The number of rotatable bonds is 2. The van der Waals surface area contributed by atoms with Crippen LogP contribution in [0.25, 0.3) is 11.3 Å². The molecule has 3 heterocycles. The number of nitrogens with zero attached hydrogens (tertiary/aromatic N) is 4. The molecular weight excluding hydrogens is 291 g/mol. The maximum atomic E-state index is 13.0. The van der Waals surface area contributed by atoms with Crippen LogP contribution in [0.15, 0.2) is 36.4 Å². The van der Waals surface area contributed by atoms with Gasteiger partial charge >= 0.3 is 0 Å². The molecular formula is C18H21FN4. The number of fused-ring (bicyclic) bond motifs is 2. The molecule has 0 amide bonds.